The summed E-state index contributed by atoms with van der Waals surface area (Å²) in [6, 6.07) is 5.13. The molecular weight excluding hydrogens is 302 g/mol. The molecule has 0 aliphatic carbocycles. The van der Waals surface area contributed by atoms with Gasteiger partial charge in [-0.05, 0) is 49.5 Å². The lowest BCUT2D eigenvalue weighted by molar-refractivity contribution is 0.0931. The SMILES string of the molecule is O=C(Nc1sccc1C(=O)NC1CCNCC1)c1ccco1. The van der Waals surface area contributed by atoms with Gasteiger partial charge in [-0.3, -0.25) is 9.59 Å². The lowest BCUT2D eigenvalue weighted by Crippen LogP contribution is -2.42. The van der Waals surface area contributed by atoms with Crippen LogP contribution < -0.4 is 16.0 Å². The van der Waals surface area contributed by atoms with Gasteiger partial charge in [-0.1, -0.05) is 0 Å². The zero-order chi connectivity index (χ0) is 15.4. The van der Waals surface area contributed by atoms with E-state index in [1.165, 1.54) is 17.6 Å². The molecule has 3 heterocycles. The molecule has 0 radical (unpaired) electrons. The van der Waals surface area contributed by atoms with Crippen LogP contribution in [0.25, 0.3) is 0 Å². The maximum Gasteiger partial charge on any atom is 0.291 e. The highest BCUT2D eigenvalue weighted by Gasteiger charge is 2.20. The third-order valence-corrected chi connectivity index (χ3v) is 4.39. The van der Waals surface area contributed by atoms with Crippen LogP contribution >= 0.6 is 11.3 Å². The second-order valence-corrected chi connectivity index (χ2v) is 6.01. The Labute approximate surface area is 131 Å². The van der Waals surface area contributed by atoms with Crippen molar-refractivity contribution >= 4 is 28.2 Å². The molecule has 1 saturated heterocycles. The van der Waals surface area contributed by atoms with E-state index in [9.17, 15) is 9.59 Å². The number of anilines is 1. The van der Waals surface area contributed by atoms with E-state index in [4.69, 9.17) is 4.42 Å². The Morgan fingerprint density at radius 3 is 2.77 bits per heavy atom. The maximum absolute atomic E-state index is 12.4. The fourth-order valence-corrected chi connectivity index (χ4v) is 3.17. The quantitative estimate of drug-likeness (QED) is 0.805. The van der Waals surface area contributed by atoms with E-state index in [1.54, 1.807) is 23.6 Å². The van der Waals surface area contributed by atoms with Crippen molar-refractivity contribution in [3.05, 3.63) is 41.2 Å². The number of amides is 2. The minimum Gasteiger partial charge on any atom is -0.459 e. The van der Waals surface area contributed by atoms with Crippen molar-refractivity contribution < 1.29 is 14.0 Å². The van der Waals surface area contributed by atoms with Crippen LogP contribution in [0.2, 0.25) is 0 Å². The Kier molecular flexibility index (Phi) is 4.55. The molecule has 3 rings (SSSR count). The monoisotopic (exact) mass is 319 g/mol. The van der Waals surface area contributed by atoms with Crippen molar-refractivity contribution in [2.75, 3.05) is 18.4 Å². The van der Waals surface area contributed by atoms with Gasteiger partial charge in [-0.15, -0.1) is 11.3 Å². The number of nitrogens with one attached hydrogen (secondary N) is 3. The van der Waals surface area contributed by atoms with Crippen molar-refractivity contribution in [3.63, 3.8) is 0 Å². The molecule has 0 saturated carbocycles. The van der Waals surface area contributed by atoms with Crippen LogP contribution in [0.3, 0.4) is 0 Å². The Morgan fingerprint density at radius 2 is 2.05 bits per heavy atom. The Morgan fingerprint density at radius 1 is 1.23 bits per heavy atom. The minimum atomic E-state index is -0.358. The van der Waals surface area contributed by atoms with Gasteiger partial charge in [0.1, 0.15) is 5.00 Å². The van der Waals surface area contributed by atoms with Gasteiger partial charge in [0.15, 0.2) is 5.76 Å². The Balaban J connectivity index is 1.66. The van der Waals surface area contributed by atoms with Crippen LogP contribution in [0, 0.1) is 0 Å². The molecule has 0 aromatic carbocycles. The Hall–Kier alpha value is -2.12. The van der Waals surface area contributed by atoms with Crippen LogP contribution in [-0.2, 0) is 0 Å². The molecule has 3 N–H and O–H groups in total. The van der Waals surface area contributed by atoms with Gasteiger partial charge in [-0.2, -0.15) is 0 Å². The lowest BCUT2D eigenvalue weighted by Gasteiger charge is -2.23. The van der Waals surface area contributed by atoms with E-state index in [1.807, 2.05) is 0 Å². The molecule has 7 heteroatoms. The summed E-state index contributed by atoms with van der Waals surface area (Å²) in [6.45, 7) is 1.83. The highest BCUT2D eigenvalue weighted by molar-refractivity contribution is 7.14. The smallest absolute Gasteiger partial charge is 0.291 e. The molecule has 2 amide bonds. The molecule has 116 valence electrons. The van der Waals surface area contributed by atoms with Crippen LogP contribution in [-0.4, -0.2) is 30.9 Å². The Bertz CT molecular complexity index is 645. The first-order chi connectivity index (χ1) is 10.7. The molecule has 0 spiro atoms. The molecule has 2 aromatic heterocycles. The summed E-state index contributed by atoms with van der Waals surface area (Å²) in [5.41, 5.74) is 0.489. The van der Waals surface area contributed by atoms with Gasteiger partial charge in [0, 0.05) is 6.04 Å². The summed E-state index contributed by atoms with van der Waals surface area (Å²) >= 11 is 1.32. The third-order valence-electron chi connectivity index (χ3n) is 3.56. The fourth-order valence-electron chi connectivity index (χ4n) is 2.39. The van der Waals surface area contributed by atoms with Crippen LogP contribution in [0.4, 0.5) is 5.00 Å². The average molecular weight is 319 g/mol. The summed E-state index contributed by atoms with van der Waals surface area (Å²) < 4.78 is 5.05. The summed E-state index contributed by atoms with van der Waals surface area (Å²) in [5, 5.41) is 11.3. The predicted octanol–water partition coefficient (Wildman–Crippen LogP) is 2.08. The average Bonchev–Trinajstić information content (AvgIpc) is 3.19. The first kappa shape index (κ1) is 14.8. The molecule has 6 nitrogen and oxygen atoms in total. The molecule has 1 aliphatic rings. The normalized spacial score (nSPS) is 15.5. The zero-order valence-electron chi connectivity index (χ0n) is 11.9. The molecule has 22 heavy (non-hydrogen) atoms. The molecule has 1 aliphatic heterocycles. The molecule has 0 bridgehead atoms. The summed E-state index contributed by atoms with van der Waals surface area (Å²) in [7, 11) is 0. The second kappa shape index (κ2) is 6.76. The summed E-state index contributed by atoms with van der Waals surface area (Å²) in [4.78, 5) is 24.4. The van der Waals surface area contributed by atoms with E-state index in [0.717, 1.165) is 25.9 Å². The van der Waals surface area contributed by atoms with E-state index in [-0.39, 0.29) is 23.6 Å². The van der Waals surface area contributed by atoms with Gasteiger partial charge in [0.25, 0.3) is 11.8 Å². The molecule has 1 fully saturated rings. The maximum atomic E-state index is 12.4. The van der Waals surface area contributed by atoms with Crippen LogP contribution in [0.15, 0.2) is 34.3 Å². The zero-order valence-corrected chi connectivity index (χ0v) is 12.7. The van der Waals surface area contributed by atoms with Gasteiger partial charge >= 0.3 is 0 Å². The topological polar surface area (TPSA) is 83.4 Å². The molecular formula is C15H17N3O3S. The van der Waals surface area contributed by atoms with Crippen LogP contribution in [0.1, 0.15) is 33.8 Å². The van der Waals surface area contributed by atoms with Gasteiger partial charge in [0.2, 0.25) is 0 Å². The fraction of sp³-hybridized carbons (Fsp3) is 0.333. The number of carbonyl (C=O) groups is 2. The van der Waals surface area contributed by atoms with E-state index < -0.39 is 0 Å². The number of hydrogen-bond donors (Lipinski definition) is 3. The van der Waals surface area contributed by atoms with Gasteiger partial charge in [-0.25, -0.2) is 0 Å². The number of hydrogen-bond acceptors (Lipinski definition) is 5. The lowest BCUT2D eigenvalue weighted by atomic mass is 10.1. The van der Waals surface area contributed by atoms with Gasteiger partial charge in [0.05, 0.1) is 11.8 Å². The minimum absolute atomic E-state index is 0.150. The first-order valence-corrected chi connectivity index (χ1v) is 8.06. The van der Waals surface area contributed by atoms with E-state index >= 15 is 0 Å². The predicted molar refractivity (Wildman–Crippen MR) is 84.3 cm³/mol. The largest absolute Gasteiger partial charge is 0.459 e. The van der Waals surface area contributed by atoms with Crippen LogP contribution in [0.5, 0.6) is 0 Å². The first-order valence-electron chi connectivity index (χ1n) is 7.18. The molecule has 0 unspecified atom stereocenters. The van der Waals surface area contributed by atoms with E-state index in [2.05, 4.69) is 16.0 Å². The highest BCUT2D eigenvalue weighted by atomic mass is 32.1. The number of carbonyl (C=O) groups excluding carboxylic acids is 2. The van der Waals surface area contributed by atoms with Gasteiger partial charge < -0.3 is 20.4 Å². The molecule has 0 atom stereocenters. The van der Waals surface area contributed by atoms with Crippen molar-refractivity contribution in [2.24, 2.45) is 0 Å². The summed E-state index contributed by atoms with van der Waals surface area (Å²) in [5.74, 6) is -0.288. The van der Waals surface area contributed by atoms with E-state index in [0.29, 0.717) is 10.6 Å². The number of rotatable bonds is 4. The van der Waals surface area contributed by atoms with Crippen molar-refractivity contribution in [3.8, 4) is 0 Å². The molecule has 2 aromatic rings. The number of thiophene rings is 1. The second-order valence-electron chi connectivity index (χ2n) is 5.09. The standard InChI is InChI=1S/C15H17N3O3S/c19-13(17-10-3-6-16-7-4-10)11-5-9-22-15(11)18-14(20)12-2-1-8-21-12/h1-2,5,8-10,16H,3-4,6-7H2,(H,17,19)(H,18,20). The number of furan rings is 1. The summed E-state index contributed by atoms with van der Waals surface area (Å²) in [6.07, 6.45) is 3.28. The number of piperidine rings is 1. The van der Waals surface area contributed by atoms with Crippen molar-refractivity contribution in [2.45, 2.75) is 18.9 Å². The van der Waals surface area contributed by atoms with Crippen molar-refractivity contribution in [1.82, 2.24) is 10.6 Å². The highest BCUT2D eigenvalue weighted by Crippen LogP contribution is 2.24. The van der Waals surface area contributed by atoms with Crippen molar-refractivity contribution in [1.29, 1.82) is 0 Å². The third kappa shape index (κ3) is 3.37.